The van der Waals surface area contributed by atoms with E-state index in [1.165, 1.54) is 16.4 Å². The molecular weight excluding hydrogens is 222 g/mol. The second kappa shape index (κ2) is 8.08. The van der Waals surface area contributed by atoms with Crippen LogP contribution < -0.4 is 5.73 Å². The van der Waals surface area contributed by atoms with Crippen molar-refractivity contribution in [2.75, 3.05) is 17.3 Å². The zero-order valence-electron chi connectivity index (χ0n) is 9.19. The highest BCUT2D eigenvalue weighted by molar-refractivity contribution is 8.03. The van der Waals surface area contributed by atoms with E-state index in [4.69, 9.17) is 5.73 Å². The molecule has 0 spiro atoms. The van der Waals surface area contributed by atoms with Crippen molar-refractivity contribution in [3.05, 3.63) is 30.3 Å². The van der Waals surface area contributed by atoms with Crippen molar-refractivity contribution in [3.63, 3.8) is 0 Å². The third-order valence-electron chi connectivity index (χ3n) is 2.10. The van der Waals surface area contributed by atoms with Crippen molar-refractivity contribution in [1.82, 2.24) is 0 Å². The van der Waals surface area contributed by atoms with Crippen LogP contribution in [0.25, 0.3) is 0 Å². The summed E-state index contributed by atoms with van der Waals surface area (Å²) in [6.45, 7) is 2.14. The minimum absolute atomic E-state index is 0.372. The highest BCUT2D eigenvalue weighted by atomic mass is 32.2. The minimum atomic E-state index is 0.372. The van der Waals surface area contributed by atoms with Gasteiger partial charge in [0, 0.05) is 28.2 Å². The highest BCUT2D eigenvalue weighted by Crippen LogP contribution is 2.18. The van der Waals surface area contributed by atoms with Gasteiger partial charge in [-0.3, -0.25) is 0 Å². The lowest BCUT2D eigenvalue weighted by Gasteiger charge is -2.07. The van der Waals surface area contributed by atoms with Crippen LogP contribution in [-0.4, -0.2) is 23.3 Å². The van der Waals surface area contributed by atoms with Crippen LogP contribution >= 0.6 is 23.5 Å². The Hall–Kier alpha value is -0.120. The molecule has 0 aliphatic carbocycles. The van der Waals surface area contributed by atoms with Crippen LogP contribution in [0.5, 0.6) is 0 Å². The molecule has 0 amide bonds. The summed E-state index contributed by atoms with van der Waals surface area (Å²) in [7, 11) is 0. The number of nitrogens with two attached hydrogens (primary N) is 1. The lowest BCUT2D eigenvalue weighted by molar-refractivity contribution is 0.725. The Labute approximate surface area is 101 Å². The van der Waals surface area contributed by atoms with Crippen molar-refractivity contribution in [1.29, 1.82) is 0 Å². The molecule has 0 aromatic heterocycles. The third kappa shape index (κ3) is 6.13. The van der Waals surface area contributed by atoms with E-state index in [2.05, 4.69) is 37.3 Å². The van der Waals surface area contributed by atoms with Crippen molar-refractivity contribution < 1.29 is 0 Å². The molecule has 0 fully saturated rings. The molecule has 1 aromatic carbocycles. The van der Waals surface area contributed by atoms with Gasteiger partial charge in [-0.25, -0.2) is 0 Å². The van der Waals surface area contributed by atoms with E-state index in [9.17, 15) is 0 Å². The standard InChI is InChI=1S/C12H19NS2/c1-2-11(13)10-14-8-9-15-12-6-4-3-5-7-12/h3-7,11H,2,8-10,13H2,1H3. The third-order valence-corrected chi connectivity index (χ3v) is 4.52. The van der Waals surface area contributed by atoms with Crippen molar-refractivity contribution in [2.45, 2.75) is 24.3 Å². The Morgan fingerprint density at radius 2 is 1.93 bits per heavy atom. The average molecular weight is 241 g/mol. The number of hydrogen-bond acceptors (Lipinski definition) is 3. The zero-order chi connectivity index (χ0) is 10.9. The van der Waals surface area contributed by atoms with E-state index in [0.29, 0.717) is 6.04 Å². The maximum atomic E-state index is 5.84. The van der Waals surface area contributed by atoms with Gasteiger partial charge in [-0.05, 0) is 18.6 Å². The molecule has 3 heteroatoms. The van der Waals surface area contributed by atoms with Crippen LogP contribution in [0.2, 0.25) is 0 Å². The number of benzene rings is 1. The van der Waals surface area contributed by atoms with Gasteiger partial charge in [-0.15, -0.1) is 11.8 Å². The molecule has 0 radical (unpaired) electrons. The second-order valence-electron chi connectivity index (χ2n) is 3.40. The van der Waals surface area contributed by atoms with Gasteiger partial charge < -0.3 is 5.73 Å². The summed E-state index contributed by atoms with van der Waals surface area (Å²) in [5.41, 5.74) is 5.84. The van der Waals surface area contributed by atoms with Gasteiger partial charge in [0.15, 0.2) is 0 Å². The van der Waals surface area contributed by atoms with E-state index < -0.39 is 0 Å². The van der Waals surface area contributed by atoms with Crippen LogP contribution in [0, 0.1) is 0 Å². The predicted molar refractivity (Wildman–Crippen MR) is 72.8 cm³/mol. The first-order chi connectivity index (χ1) is 7.33. The molecule has 84 valence electrons. The molecule has 0 aliphatic heterocycles. The monoisotopic (exact) mass is 241 g/mol. The molecule has 1 atom stereocenters. The van der Waals surface area contributed by atoms with Gasteiger partial charge in [-0.2, -0.15) is 11.8 Å². The van der Waals surface area contributed by atoms with Crippen LogP contribution in [0.3, 0.4) is 0 Å². The maximum absolute atomic E-state index is 5.84. The lowest BCUT2D eigenvalue weighted by Crippen LogP contribution is -2.21. The molecule has 0 saturated heterocycles. The highest BCUT2D eigenvalue weighted by Gasteiger charge is 1.98. The molecule has 0 saturated carbocycles. The van der Waals surface area contributed by atoms with Crippen LogP contribution in [0.1, 0.15) is 13.3 Å². The van der Waals surface area contributed by atoms with Gasteiger partial charge in [0.05, 0.1) is 0 Å². The Balaban J connectivity index is 2.03. The summed E-state index contributed by atoms with van der Waals surface area (Å²) < 4.78 is 0. The fourth-order valence-electron chi connectivity index (χ4n) is 1.09. The largest absolute Gasteiger partial charge is 0.327 e. The van der Waals surface area contributed by atoms with E-state index in [0.717, 1.165) is 12.2 Å². The zero-order valence-corrected chi connectivity index (χ0v) is 10.8. The summed E-state index contributed by atoms with van der Waals surface area (Å²) >= 11 is 3.88. The molecule has 1 unspecified atom stereocenters. The molecule has 15 heavy (non-hydrogen) atoms. The topological polar surface area (TPSA) is 26.0 Å². The Bertz CT molecular complexity index is 251. The van der Waals surface area contributed by atoms with Crippen LogP contribution in [0.4, 0.5) is 0 Å². The van der Waals surface area contributed by atoms with Crippen molar-refractivity contribution in [2.24, 2.45) is 5.73 Å². The first-order valence-electron chi connectivity index (χ1n) is 5.34. The fraction of sp³-hybridized carbons (Fsp3) is 0.500. The average Bonchev–Trinajstić information content (AvgIpc) is 2.29. The molecule has 0 heterocycles. The van der Waals surface area contributed by atoms with Gasteiger partial charge in [-0.1, -0.05) is 25.1 Å². The van der Waals surface area contributed by atoms with Gasteiger partial charge in [0.2, 0.25) is 0 Å². The molecule has 2 N–H and O–H groups in total. The second-order valence-corrected chi connectivity index (χ2v) is 5.72. The van der Waals surface area contributed by atoms with Crippen LogP contribution in [-0.2, 0) is 0 Å². The van der Waals surface area contributed by atoms with Crippen molar-refractivity contribution >= 4 is 23.5 Å². The molecule has 1 nitrogen and oxygen atoms in total. The van der Waals surface area contributed by atoms with Gasteiger partial charge >= 0.3 is 0 Å². The van der Waals surface area contributed by atoms with E-state index in [1.807, 2.05) is 23.5 Å². The quantitative estimate of drug-likeness (QED) is 0.586. The SMILES string of the molecule is CCC(N)CSCCSc1ccccc1. The number of hydrogen-bond donors (Lipinski definition) is 1. The lowest BCUT2D eigenvalue weighted by atomic mass is 10.3. The summed E-state index contributed by atoms with van der Waals surface area (Å²) in [5.74, 6) is 3.45. The van der Waals surface area contributed by atoms with E-state index in [1.54, 1.807) is 0 Å². The Morgan fingerprint density at radius 3 is 2.60 bits per heavy atom. The van der Waals surface area contributed by atoms with Crippen molar-refractivity contribution in [3.8, 4) is 0 Å². The summed E-state index contributed by atoms with van der Waals surface area (Å²) in [4.78, 5) is 1.36. The Morgan fingerprint density at radius 1 is 1.20 bits per heavy atom. The Kier molecular flexibility index (Phi) is 6.98. The smallest absolute Gasteiger partial charge is 0.0127 e. The molecule has 1 rings (SSSR count). The van der Waals surface area contributed by atoms with Gasteiger partial charge in [0.25, 0.3) is 0 Å². The minimum Gasteiger partial charge on any atom is -0.327 e. The molecule has 1 aromatic rings. The normalized spacial score (nSPS) is 12.7. The van der Waals surface area contributed by atoms with Crippen LogP contribution in [0.15, 0.2) is 35.2 Å². The fourth-order valence-corrected chi connectivity index (χ4v) is 3.18. The molecule has 0 aliphatic rings. The summed E-state index contributed by atoms with van der Waals surface area (Å²) in [6, 6.07) is 10.9. The summed E-state index contributed by atoms with van der Waals surface area (Å²) in [5, 5.41) is 0. The first kappa shape index (κ1) is 12.9. The first-order valence-corrected chi connectivity index (χ1v) is 7.48. The number of thioether (sulfide) groups is 2. The van der Waals surface area contributed by atoms with E-state index >= 15 is 0 Å². The van der Waals surface area contributed by atoms with E-state index in [-0.39, 0.29) is 0 Å². The predicted octanol–water partition coefficient (Wildman–Crippen LogP) is 3.25. The maximum Gasteiger partial charge on any atom is 0.0127 e. The number of rotatable bonds is 7. The molecular formula is C12H19NS2. The molecule has 0 bridgehead atoms. The summed E-state index contributed by atoms with van der Waals surface area (Å²) in [6.07, 6.45) is 1.08. The van der Waals surface area contributed by atoms with Gasteiger partial charge in [0.1, 0.15) is 0 Å².